The summed E-state index contributed by atoms with van der Waals surface area (Å²) in [6.45, 7) is 0.606. The molecule has 1 saturated carbocycles. The van der Waals surface area contributed by atoms with E-state index in [4.69, 9.17) is 0 Å². The zero-order valence-corrected chi connectivity index (χ0v) is 20.2. The second-order valence-corrected chi connectivity index (χ2v) is 9.91. The molecule has 0 radical (unpaired) electrons. The fourth-order valence-electron chi connectivity index (χ4n) is 4.15. The molecule has 0 aromatic heterocycles. The lowest BCUT2D eigenvalue weighted by Crippen LogP contribution is -2.54. The number of carbonyl (C=O) groups is 3. The number of amides is 3. The second-order valence-electron chi connectivity index (χ2n) is 9.91. The Morgan fingerprint density at radius 3 is 2.14 bits per heavy atom. The van der Waals surface area contributed by atoms with Gasteiger partial charge in [-0.3, -0.25) is 14.4 Å². The van der Waals surface area contributed by atoms with Gasteiger partial charge in [-0.05, 0) is 49.8 Å². The van der Waals surface area contributed by atoms with Gasteiger partial charge < -0.3 is 15.5 Å². The van der Waals surface area contributed by atoms with Crippen molar-refractivity contribution in [2.24, 2.45) is 11.3 Å². The summed E-state index contributed by atoms with van der Waals surface area (Å²) in [5.41, 5.74) is 0.580. The quantitative estimate of drug-likeness (QED) is 0.411. The molecule has 1 heterocycles. The number of fused-ring (bicyclic) bond motifs is 3. The van der Waals surface area contributed by atoms with Crippen molar-refractivity contribution in [3.8, 4) is 11.1 Å². The van der Waals surface area contributed by atoms with Crippen LogP contribution in [0.15, 0.2) is 48.5 Å². The molecule has 3 amide bonds. The number of para-hydroxylation sites is 1. The maximum Gasteiger partial charge on any atom is 0.455 e. The van der Waals surface area contributed by atoms with E-state index >= 15 is 0 Å². The van der Waals surface area contributed by atoms with Crippen LogP contribution < -0.4 is 15.5 Å². The topological polar surface area (TPSA) is 78.5 Å². The molecule has 2 aliphatic rings. The molecule has 1 fully saturated rings. The monoisotopic (exact) mass is 523 g/mol. The van der Waals surface area contributed by atoms with E-state index < -0.39 is 47.8 Å². The van der Waals surface area contributed by atoms with Crippen molar-refractivity contribution >= 4 is 23.4 Å². The van der Waals surface area contributed by atoms with Gasteiger partial charge in [0, 0.05) is 12.1 Å². The molecule has 1 aliphatic carbocycles. The van der Waals surface area contributed by atoms with E-state index in [0.717, 1.165) is 32.3 Å². The molecule has 198 valence electrons. The SMILES string of the molecule is CC(C)(C(=O)NCC(F)(F)C(F)(F)F)C(=O)N[C@@H]1C(=O)N(CC2CC2)c2ccccc2-c2ccccc21. The summed E-state index contributed by atoms with van der Waals surface area (Å²) in [5, 5.41) is 4.09. The van der Waals surface area contributed by atoms with E-state index in [1.54, 1.807) is 35.2 Å². The van der Waals surface area contributed by atoms with Gasteiger partial charge in [-0.15, -0.1) is 0 Å². The molecule has 1 aliphatic heterocycles. The van der Waals surface area contributed by atoms with Crippen molar-refractivity contribution < 1.29 is 36.3 Å². The fraction of sp³-hybridized carbons (Fsp3) is 0.423. The Hall–Kier alpha value is -3.50. The number of hydrogen-bond acceptors (Lipinski definition) is 3. The van der Waals surface area contributed by atoms with Crippen molar-refractivity contribution in [3.63, 3.8) is 0 Å². The first-order chi connectivity index (χ1) is 17.2. The summed E-state index contributed by atoms with van der Waals surface area (Å²) in [6.07, 6.45) is -3.93. The summed E-state index contributed by atoms with van der Waals surface area (Å²) in [6, 6.07) is 13.1. The first-order valence-electron chi connectivity index (χ1n) is 11.8. The Bertz CT molecular complexity index is 1220. The normalized spacial score (nSPS) is 18.0. The maximum absolute atomic E-state index is 13.8. The Kier molecular flexibility index (Phi) is 6.76. The third-order valence-electron chi connectivity index (χ3n) is 6.70. The van der Waals surface area contributed by atoms with Crippen LogP contribution in [0.25, 0.3) is 11.1 Å². The van der Waals surface area contributed by atoms with Crippen LogP contribution in [0.2, 0.25) is 0 Å². The molecule has 6 nitrogen and oxygen atoms in total. The predicted octanol–water partition coefficient (Wildman–Crippen LogP) is 4.61. The molecule has 2 aromatic carbocycles. The molecule has 0 saturated heterocycles. The number of rotatable bonds is 7. The largest absolute Gasteiger partial charge is 0.455 e. The zero-order chi connectivity index (χ0) is 27.2. The van der Waals surface area contributed by atoms with Crippen LogP contribution in [0, 0.1) is 11.3 Å². The first kappa shape index (κ1) is 26.6. The highest BCUT2D eigenvalue weighted by molar-refractivity contribution is 6.09. The summed E-state index contributed by atoms with van der Waals surface area (Å²) in [5.74, 6) is -7.61. The molecule has 0 spiro atoms. The highest BCUT2D eigenvalue weighted by atomic mass is 19.4. The maximum atomic E-state index is 13.8. The smallest absolute Gasteiger partial charge is 0.349 e. The summed E-state index contributed by atoms with van der Waals surface area (Å²) in [7, 11) is 0. The average molecular weight is 524 g/mol. The molecule has 1 atom stereocenters. The summed E-state index contributed by atoms with van der Waals surface area (Å²) >= 11 is 0. The third-order valence-corrected chi connectivity index (χ3v) is 6.70. The molecule has 11 heteroatoms. The third kappa shape index (κ3) is 5.17. The number of nitrogens with one attached hydrogen (secondary N) is 2. The van der Waals surface area contributed by atoms with Crippen molar-refractivity contribution in [2.45, 2.75) is 44.8 Å². The van der Waals surface area contributed by atoms with Gasteiger partial charge in [0.25, 0.3) is 5.91 Å². The molecular weight excluding hydrogens is 497 g/mol. The number of hydrogen-bond donors (Lipinski definition) is 2. The molecular formula is C26H26F5N3O3. The first-order valence-corrected chi connectivity index (χ1v) is 11.8. The molecule has 0 bridgehead atoms. The number of carbonyl (C=O) groups excluding carboxylic acids is 3. The fourth-order valence-corrected chi connectivity index (χ4v) is 4.15. The van der Waals surface area contributed by atoms with Crippen LogP contribution in [0.3, 0.4) is 0 Å². The van der Waals surface area contributed by atoms with Crippen molar-refractivity contribution in [1.29, 1.82) is 0 Å². The lowest BCUT2D eigenvalue weighted by Gasteiger charge is -2.30. The number of benzene rings is 2. The number of alkyl halides is 5. The van der Waals surface area contributed by atoms with Gasteiger partial charge in [0.1, 0.15) is 11.5 Å². The van der Waals surface area contributed by atoms with E-state index in [1.165, 1.54) is 5.32 Å². The Labute approximate surface area is 210 Å². The Morgan fingerprint density at radius 1 is 0.919 bits per heavy atom. The minimum absolute atomic E-state index is 0.312. The number of anilines is 1. The highest BCUT2D eigenvalue weighted by Crippen LogP contribution is 2.42. The Balaban J connectivity index is 1.62. The van der Waals surface area contributed by atoms with Crippen molar-refractivity contribution in [2.75, 3.05) is 18.0 Å². The van der Waals surface area contributed by atoms with Gasteiger partial charge >= 0.3 is 12.1 Å². The van der Waals surface area contributed by atoms with Crippen LogP contribution in [0.1, 0.15) is 38.3 Å². The predicted molar refractivity (Wildman–Crippen MR) is 126 cm³/mol. The van der Waals surface area contributed by atoms with Crippen molar-refractivity contribution in [3.05, 3.63) is 54.1 Å². The van der Waals surface area contributed by atoms with Gasteiger partial charge in [0.2, 0.25) is 11.8 Å². The molecule has 37 heavy (non-hydrogen) atoms. The van der Waals surface area contributed by atoms with Gasteiger partial charge in [-0.1, -0.05) is 42.5 Å². The molecule has 4 rings (SSSR count). The highest BCUT2D eigenvalue weighted by Gasteiger charge is 2.57. The van der Waals surface area contributed by atoms with Gasteiger partial charge in [0.05, 0.1) is 12.2 Å². The van der Waals surface area contributed by atoms with Gasteiger partial charge in [-0.2, -0.15) is 22.0 Å². The lowest BCUT2D eigenvalue weighted by molar-refractivity contribution is -0.278. The zero-order valence-electron chi connectivity index (χ0n) is 20.2. The summed E-state index contributed by atoms with van der Waals surface area (Å²) < 4.78 is 64.1. The average Bonchev–Trinajstić information content (AvgIpc) is 3.67. The van der Waals surface area contributed by atoms with E-state index in [1.807, 2.05) is 18.2 Å². The number of nitrogens with zero attached hydrogens (tertiary/aromatic N) is 1. The molecule has 2 aromatic rings. The lowest BCUT2D eigenvalue weighted by atomic mass is 9.89. The molecule has 0 unspecified atom stereocenters. The van der Waals surface area contributed by atoms with Gasteiger partial charge in [0.15, 0.2) is 0 Å². The van der Waals surface area contributed by atoms with Crippen LogP contribution in [0.5, 0.6) is 0 Å². The van der Waals surface area contributed by atoms with Crippen LogP contribution in [-0.2, 0) is 14.4 Å². The van der Waals surface area contributed by atoms with Crippen molar-refractivity contribution in [1.82, 2.24) is 10.6 Å². The standard InChI is InChI=1S/C26H26F5N3O3/c1-24(2,22(36)32-14-25(27,28)26(29,30)31)23(37)33-20-18-9-4-3-7-16(18)17-8-5-6-10-19(17)34(21(20)35)13-15-11-12-15/h3-10,15,20H,11-14H2,1-2H3,(H,32,36)(H,33,37)/t20-/m0/s1. The second kappa shape index (κ2) is 9.42. The Morgan fingerprint density at radius 2 is 1.51 bits per heavy atom. The van der Waals surface area contributed by atoms with E-state index in [-0.39, 0.29) is 0 Å². The minimum Gasteiger partial charge on any atom is -0.349 e. The van der Waals surface area contributed by atoms with Crippen LogP contribution in [-0.4, -0.2) is 42.9 Å². The van der Waals surface area contributed by atoms with Crippen LogP contribution >= 0.6 is 0 Å². The van der Waals surface area contributed by atoms with Gasteiger partial charge in [-0.25, -0.2) is 0 Å². The van der Waals surface area contributed by atoms with E-state index in [0.29, 0.717) is 29.3 Å². The van der Waals surface area contributed by atoms with E-state index in [9.17, 15) is 36.3 Å². The molecule has 2 N–H and O–H groups in total. The minimum atomic E-state index is -5.86. The van der Waals surface area contributed by atoms with Crippen LogP contribution in [0.4, 0.5) is 27.6 Å². The summed E-state index contributed by atoms with van der Waals surface area (Å²) in [4.78, 5) is 41.2. The number of halogens is 5. The van der Waals surface area contributed by atoms with E-state index in [2.05, 4.69) is 5.32 Å².